The van der Waals surface area contributed by atoms with Crippen LogP contribution < -0.4 is 5.73 Å². The van der Waals surface area contributed by atoms with Gasteiger partial charge in [0.1, 0.15) is 5.37 Å². The molecule has 0 heterocycles. The number of hydrogen-bond acceptors (Lipinski definition) is 4. The van der Waals surface area contributed by atoms with Crippen molar-refractivity contribution in [2.24, 2.45) is 5.73 Å². The van der Waals surface area contributed by atoms with E-state index in [1.165, 1.54) is 0 Å². The average Bonchev–Trinajstić information content (AvgIpc) is 2.20. The van der Waals surface area contributed by atoms with E-state index in [1.54, 1.807) is 19.1 Å². The van der Waals surface area contributed by atoms with Crippen molar-refractivity contribution in [1.29, 1.82) is 0 Å². The Labute approximate surface area is 89.7 Å². The Bertz CT molecular complexity index is 454. The van der Waals surface area contributed by atoms with Crippen molar-refractivity contribution in [3.63, 3.8) is 0 Å². The Balaban J connectivity index is 3.33. The van der Waals surface area contributed by atoms with Crippen LogP contribution in [0.4, 0.5) is 0 Å². The lowest BCUT2D eigenvalue weighted by atomic mass is 10.2. The van der Waals surface area contributed by atoms with E-state index in [9.17, 15) is 8.42 Å². The number of aliphatic hydroxyl groups excluding tert-OH is 1. The van der Waals surface area contributed by atoms with Gasteiger partial charge in [0.15, 0.2) is 9.84 Å². The molecule has 1 aromatic rings. The quantitative estimate of drug-likeness (QED) is 0.784. The summed E-state index contributed by atoms with van der Waals surface area (Å²) in [6.45, 7) is 2.94. The van der Waals surface area contributed by atoms with Gasteiger partial charge in [0.25, 0.3) is 0 Å². The number of nitrogens with two attached hydrogens (primary N) is 1. The molecule has 0 aliphatic rings. The summed E-state index contributed by atoms with van der Waals surface area (Å²) in [5.74, 6) is 0. The van der Waals surface area contributed by atoms with Crippen LogP contribution in [0.25, 0.3) is 0 Å². The minimum absolute atomic E-state index is 0.198. The summed E-state index contributed by atoms with van der Waals surface area (Å²) in [5.41, 5.74) is 6.86. The molecular formula is C10H15NO3S. The molecule has 1 atom stereocenters. The van der Waals surface area contributed by atoms with Crippen LogP contribution in [0.2, 0.25) is 0 Å². The van der Waals surface area contributed by atoms with Gasteiger partial charge in [-0.15, -0.1) is 0 Å². The summed E-state index contributed by atoms with van der Waals surface area (Å²) < 4.78 is 23.7. The molecule has 0 radical (unpaired) electrons. The lowest BCUT2D eigenvalue weighted by molar-refractivity contribution is 0.292. The fraction of sp³-hybridized carbons (Fsp3) is 0.400. The second-order valence-corrected chi connectivity index (χ2v) is 5.67. The van der Waals surface area contributed by atoms with Crippen LogP contribution in [-0.4, -0.2) is 25.5 Å². The van der Waals surface area contributed by atoms with Gasteiger partial charge in [0.2, 0.25) is 0 Å². The van der Waals surface area contributed by atoms with Gasteiger partial charge in [-0.1, -0.05) is 12.1 Å². The molecule has 4 nitrogen and oxygen atoms in total. The van der Waals surface area contributed by atoms with Gasteiger partial charge in [-0.25, -0.2) is 8.42 Å². The zero-order valence-electron chi connectivity index (χ0n) is 8.77. The summed E-state index contributed by atoms with van der Waals surface area (Å²) in [5, 5.41) is 7.54. The summed E-state index contributed by atoms with van der Waals surface area (Å²) in [4.78, 5) is 0.198. The molecule has 1 unspecified atom stereocenters. The van der Waals surface area contributed by atoms with E-state index < -0.39 is 21.8 Å². The molecule has 0 saturated carbocycles. The number of hydrogen-bond donors (Lipinski definition) is 2. The number of sulfone groups is 1. The molecule has 84 valence electrons. The predicted molar refractivity (Wildman–Crippen MR) is 58.2 cm³/mol. The van der Waals surface area contributed by atoms with E-state index in [-0.39, 0.29) is 4.90 Å². The first-order valence-corrected chi connectivity index (χ1v) is 6.12. The summed E-state index contributed by atoms with van der Waals surface area (Å²) in [6, 6.07) is 5.13. The molecule has 0 fully saturated rings. The zero-order chi connectivity index (χ0) is 11.6. The number of rotatable bonds is 3. The van der Waals surface area contributed by atoms with Crippen LogP contribution in [0.3, 0.4) is 0 Å². The van der Waals surface area contributed by atoms with E-state index >= 15 is 0 Å². The highest BCUT2D eigenvalue weighted by atomic mass is 32.2. The zero-order valence-corrected chi connectivity index (χ0v) is 9.58. The SMILES string of the molecule is Cc1ccc(C)c(S(=O)(=O)C(N)CO)c1. The summed E-state index contributed by atoms with van der Waals surface area (Å²) in [7, 11) is -3.61. The molecular weight excluding hydrogens is 214 g/mol. The van der Waals surface area contributed by atoms with Crippen LogP contribution in [-0.2, 0) is 9.84 Å². The molecule has 0 amide bonds. The van der Waals surface area contributed by atoms with Gasteiger partial charge in [-0.3, -0.25) is 0 Å². The molecule has 0 saturated heterocycles. The lowest BCUT2D eigenvalue weighted by Gasteiger charge is -2.12. The molecule has 5 heteroatoms. The lowest BCUT2D eigenvalue weighted by Crippen LogP contribution is -2.34. The molecule has 3 N–H and O–H groups in total. The molecule has 0 aliphatic carbocycles. The first-order chi connectivity index (χ1) is 6.89. The van der Waals surface area contributed by atoms with Crippen molar-refractivity contribution in [3.8, 4) is 0 Å². The van der Waals surface area contributed by atoms with E-state index in [0.29, 0.717) is 5.56 Å². The largest absolute Gasteiger partial charge is 0.394 e. The Morgan fingerprint density at radius 2 is 2.00 bits per heavy atom. The first kappa shape index (κ1) is 12.2. The first-order valence-electron chi connectivity index (χ1n) is 4.57. The van der Waals surface area contributed by atoms with Crippen molar-refractivity contribution in [2.45, 2.75) is 24.1 Å². The fourth-order valence-corrected chi connectivity index (χ4v) is 2.66. The summed E-state index contributed by atoms with van der Waals surface area (Å²) in [6.07, 6.45) is 0. The van der Waals surface area contributed by atoms with Crippen LogP contribution in [0.15, 0.2) is 23.1 Å². The third-order valence-electron chi connectivity index (χ3n) is 2.23. The maximum atomic E-state index is 11.9. The van der Waals surface area contributed by atoms with Gasteiger partial charge < -0.3 is 10.8 Å². The van der Waals surface area contributed by atoms with Crippen molar-refractivity contribution in [2.75, 3.05) is 6.61 Å². The maximum Gasteiger partial charge on any atom is 0.196 e. The van der Waals surface area contributed by atoms with Crippen LogP contribution >= 0.6 is 0 Å². The van der Waals surface area contributed by atoms with E-state index in [4.69, 9.17) is 10.8 Å². The highest BCUT2D eigenvalue weighted by Crippen LogP contribution is 2.19. The van der Waals surface area contributed by atoms with E-state index in [0.717, 1.165) is 5.56 Å². The van der Waals surface area contributed by atoms with Gasteiger partial charge >= 0.3 is 0 Å². The number of aliphatic hydroxyl groups is 1. The molecule has 1 aromatic carbocycles. The number of benzene rings is 1. The van der Waals surface area contributed by atoms with Gasteiger partial charge in [-0.2, -0.15) is 0 Å². The minimum atomic E-state index is -3.61. The average molecular weight is 229 g/mol. The molecule has 0 spiro atoms. The van der Waals surface area contributed by atoms with E-state index in [1.807, 2.05) is 13.0 Å². The van der Waals surface area contributed by atoms with Crippen molar-refractivity contribution in [3.05, 3.63) is 29.3 Å². The van der Waals surface area contributed by atoms with E-state index in [2.05, 4.69) is 0 Å². The third-order valence-corrected chi connectivity index (χ3v) is 4.23. The predicted octanol–water partition coefficient (Wildman–Crippen LogP) is 0.354. The molecule has 0 aliphatic heterocycles. The smallest absolute Gasteiger partial charge is 0.196 e. The standard InChI is InChI=1S/C10H15NO3S/c1-7-3-4-8(2)9(5-7)15(13,14)10(11)6-12/h3-5,10,12H,6,11H2,1-2H3. The van der Waals surface area contributed by atoms with Crippen LogP contribution in [0, 0.1) is 13.8 Å². The topological polar surface area (TPSA) is 80.4 Å². The summed E-state index contributed by atoms with van der Waals surface area (Å²) >= 11 is 0. The highest BCUT2D eigenvalue weighted by molar-refractivity contribution is 7.92. The monoisotopic (exact) mass is 229 g/mol. The van der Waals surface area contributed by atoms with Crippen molar-refractivity contribution in [1.82, 2.24) is 0 Å². The molecule has 1 rings (SSSR count). The van der Waals surface area contributed by atoms with Crippen LogP contribution in [0.5, 0.6) is 0 Å². The Hall–Kier alpha value is -0.910. The third kappa shape index (κ3) is 2.37. The van der Waals surface area contributed by atoms with Crippen molar-refractivity contribution >= 4 is 9.84 Å². The molecule has 0 bridgehead atoms. The Morgan fingerprint density at radius 1 is 1.40 bits per heavy atom. The molecule has 0 aromatic heterocycles. The van der Waals surface area contributed by atoms with Gasteiger partial charge in [0, 0.05) is 0 Å². The van der Waals surface area contributed by atoms with Crippen molar-refractivity contribution < 1.29 is 13.5 Å². The normalized spacial score (nSPS) is 13.9. The second-order valence-electron chi connectivity index (χ2n) is 3.53. The second kappa shape index (κ2) is 4.30. The molecule has 15 heavy (non-hydrogen) atoms. The fourth-order valence-electron chi connectivity index (χ4n) is 1.28. The Kier molecular flexibility index (Phi) is 3.49. The maximum absolute atomic E-state index is 11.9. The Morgan fingerprint density at radius 3 is 2.53 bits per heavy atom. The van der Waals surface area contributed by atoms with Gasteiger partial charge in [0.05, 0.1) is 11.5 Å². The number of aryl methyl sites for hydroxylation is 2. The minimum Gasteiger partial charge on any atom is -0.394 e. The van der Waals surface area contributed by atoms with Crippen LogP contribution in [0.1, 0.15) is 11.1 Å². The van der Waals surface area contributed by atoms with Gasteiger partial charge in [-0.05, 0) is 31.0 Å². The highest BCUT2D eigenvalue weighted by Gasteiger charge is 2.24.